The first-order valence-corrected chi connectivity index (χ1v) is 4.16. The van der Waals surface area contributed by atoms with Gasteiger partial charge in [0.25, 0.3) is 0 Å². The van der Waals surface area contributed by atoms with Crippen molar-refractivity contribution in [1.29, 1.82) is 0 Å². The molecule has 0 amide bonds. The number of rotatable bonds is 1. The molecule has 0 aliphatic heterocycles. The molecule has 63 valence electrons. The van der Waals surface area contributed by atoms with E-state index in [4.69, 9.17) is 0 Å². The largest absolute Gasteiger partial charge is 0.150 e. The summed E-state index contributed by atoms with van der Waals surface area (Å²) in [6, 6.07) is 0. The highest BCUT2D eigenvalue weighted by atomic mass is 16.3. The molecule has 0 aromatic rings. The molecule has 0 aromatic heterocycles. The lowest BCUT2D eigenvalue weighted by Gasteiger charge is -2.37. The van der Waals surface area contributed by atoms with Crippen LogP contribution >= 0.6 is 0 Å². The fraction of sp³-hybridized carbons (Fsp3) is 0.889. The third-order valence-corrected chi connectivity index (χ3v) is 2.44. The monoisotopic (exact) mass is 154 g/mol. The summed E-state index contributed by atoms with van der Waals surface area (Å²) in [5.41, 5.74) is -0.112. The number of nitroso groups, excluding NO2 is 1. The van der Waals surface area contributed by atoms with Gasteiger partial charge >= 0.3 is 0 Å². The van der Waals surface area contributed by atoms with Crippen molar-refractivity contribution < 1.29 is 0 Å². The van der Waals surface area contributed by atoms with Crippen LogP contribution in [0.3, 0.4) is 0 Å². The van der Waals surface area contributed by atoms with Gasteiger partial charge in [0.15, 0.2) is 0 Å². The Morgan fingerprint density at radius 2 is 2.00 bits per heavy atom. The Hall–Kier alpha value is -0.400. The van der Waals surface area contributed by atoms with Crippen molar-refractivity contribution >= 4 is 0 Å². The van der Waals surface area contributed by atoms with Gasteiger partial charge in [0.2, 0.25) is 0 Å². The smallest absolute Gasteiger partial charge is 0.100 e. The highest BCUT2D eigenvalue weighted by Gasteiger charge is 2.37. The molecule has 1 fully saturated rings. The van der Waals surface area contributed by atoms with E-state index in [1.54, 1.807) is 0 Å². The van der Waals surface area contributed by atoms with Crippen LogP contribution in [-0.4, -0.2) is 5.54 Å². The average Bonchev–Trinajstić information content (AvgIpc) is 1.85. The normalized spacial score (nSPS) is 36.6. The van der Waals surface area contributed by atoms with E-state index < -0.39 is 0 Å². The van der Waals surface area contributed by atoms with Crippen molar-refractivity contribution in [3.05, 3.63) is 11.3 Å². The zero-order valence-electron chi connectivity index (χ0n) is 7.55. The average molecular weight is 154 g/mol. The highest BCUT2D eigenvalue weighted by Crippen LogP contribution is 2.41. The second kappa shape index (κ2) is 2.58. The Bertz CT molecular complexity index is 165. The van der Waals surface area contributed by atoms with Crippen LogP contribution in [0.4, 0.5) is 0 Å². The van der Waals surface area contributed by atoms with Crippen LogP contribution in [0, 0.1) is 16.7 Å². The molecule has 1 atom stereocenters. The Morgan fingerprint density at radius 1 is 1.36 bits per heavy atom. The Balaban J connectivity index is 2.66. The lowest BCUT2D eigenvalue weighted by atomic mass is 9.69. The number of nitrogens with zero attached hydrogens (tertiary/aromatic N) is 1. The summed E-state index contributed by atoms with van der Waals surface area (Å²) in [5, 5.41) is 3.21. The zero-order valence-corrected chi connectivity index (χ0v) is 7.55. The van der Waals surface area contributed by atoms with Crippen LogP contribution in [0.2, 0.25) is 0 Å². The molecule has 1 saturated carbocycles. The van der Waals surface area contributed by atoms with Crippen LogP contribution in [0.1, 0.15) is 40.0 Å². The second-order valence-corrected chi connectivity index (χ2v) is 4.50. The van der Waals surface area contributed by atoms with E-state index in [1.807, 2.05) is 6.92 Å². The van der Waals surface area contributed by atoms with Gasteiger partial charge in [-0.05, 0) is 38.0 Å². The van der Waals surface area contributed by atoms with E-state index in [2.05, 4.69) is 25.4 Å². The molecule has 0 heterocycles. The van der Waals surface area contributed by atoms with E-state index in [-0.39, 0.29) is 11.0 Å². The molecule has 2 heteroatoms. The summed E-state index contributed by atoms with van der Waals surface area (Å²) < 4.78 is 0. The van der Waals surface area contributed by atoms with Crippen molar-refractivity contribution in [2.45, 2.75) is 45.6 Å². The van der Waals surface area contributed by atoms with Gasteiger partial charge in [-0.1, -0.05) is 19.0 Å². The van der Waals surface area contributed by atoms with Gasteiger partial charge in [-0.15, -0.1) is 0 Å². The Labute approximate surface area is 68.3 Å². The van der Waals surface area contributed by atoms with Crippen LogP contribution in [-0.2, 0) is 0 Å². The third kappa shape index (κ3) is 2.01. The molecule has 0 aromatic carbocycles. The molecular weight excluding hydrogens is 138 g/mol. The fourth-order valence-electron chi connectivity index (χ4n) is 1.99. The fourth-order valence-corrected chi connectivity index (χ4v) is 1.99. The molecule has 1 aliphatic carbocycles. The first kappa shape index (κ1) is 8.69. The Morgan fingerprint density at radius 3 is 2.36 bits per heavy atom. The minimum atomic E-state index is -0.307. The van der Waals surface area contributed by atoms with E-state index >= 15 is 0 Å². The van der Waals surface area contributed by atoms with E-state index in [1.165, 1.54) is 0 Å². The Kier molecular flexibility index (Phi) is 2.04. The van der Waals surface area contributed by atoms with E-state index in [0.717, 1.165) is 19.3 Å². The first-order chi connectivity index (χ1) is 4.97. The van der Waals surface area contributed by atoms with Crippen molar-refractivity contribution in [3.8, 4) is 0 Å². The quantitative estimate of drug-likeness (QED) is 0.534. The van der Waals surface area contributed by atoms with Crippen molar-refractivity contribution in [3.63, 3.8) is 0 Å². The first-order valence-electron chi connectivity index (χ1n) is 4.16. The van der Waals surface area contributed by atoms with Crippen molar-refractivity contribution in [2.75, 3.05) is 0 Å². The van der Waals surface area contributed by atoms with Gasteiger partial charge in [-0.3, -0.25) is 0 Å². The SMILES string of the molecule is CC1(C)[CH]CCC(C)(N=O)C1. The van der Waals surface area contributed by atoms with Gasteiger partial charge in [0.1, 0.15) is 5.54 Å². The summed E-state index contributed by atoms with van der Waals surface area (Å²) in [4.78, 5) is 10.5. The molecule has 0 saturated heterocycles. The van der Waals surface area contributed by atoms with Crippen molar-refractivity contribution in [1.82, 2.24) is 0 Å². The molecule has 0 N–H and O–H groups in total. The van der Waals surface area contributed by atoms with Gasteiger partial charge < -0.3 is 0 Å². The maximum absolute atomic E-state index is 10.5. The lowest BCUT2D eigenvalue weighted by molar-refractivity contribution is 0.223. The highest BCUT2D eigenvalue weighted by molar-refractivity contribution is 5.01. The standard InChI is InChI=1S/C9H16NO/c1-8(2)5-4-6-9(3,7-8)10-11/h5H,4,6-7H2,1-3H3. The minimum Gasteiger partial charge on any atom is -0.150 e. The number of hydrogen-bond donors (Lipinski definition) is 0. The molecule has 1 unspecified atom stereocenters. The van der Waals surface area contributed by atoms with Gasteiger partial charge in [-0.2, -0.15) is 4.91 Å². The summed E-state index contributed by atoms with van der Waals surface area (Å²) in [6.45, 7) is 6.28. The molecule has 1 rings (SSSR count). The third-order valence-electron chi connectivity index (χ3n) is 2.44. The minimum absolute atomic E-state index is 0.195. The molecule has 11 heavy (non-hydrogen) atoms. The maximum atomic E-state index is 10.5. The summed E-state index contributed by atoms with van der Waals surface area (Å²) in [5.74, 6) is 0. The lowest BCUT2D eigenvalue weighted by Crippen LogP contribution is -2.34. The summed E-state index contributed by atoms with van der Waals surface area (Å²) in [6.07, 6.45) is 5.12. The predicted octanol–water partition coefficient (Wildman–Crippen LogP) is 2.93. The van der Waals surface area contributed by atoms with Crippen LogP contribution in [0.5, 0.6) is 0 Å². The molecule has 1 radical (unpaired) electrons. The van der Waals surface area contributed by atoms with Crippen LogP contribution < -0.4 is 0 Å². The topological polar surface area (TPSA) is 29.4 Å². The van der Waals surface area contributed by atoms with Gasteiger partial charge in [0, 0.05) is 0 Å². The molecule has 0 spiro atoms. The molecule has 0 bridgehead atoms. The molecular formula is C9H16NO. The molecule has 1 aliphatic rings. The van der Waals surface area contributed by atoms with Crippen LogP contribution in [0.15, 0.2) is 5.18 Å². The predicted molar refractivity (Wildman–Crippen MR) is 46.1 cm³/mol. The second-order valence-electron chi connectivity index (χ2n) is 4.50. The van der Waals surface area contributed by atoms with E-state index in [0.29, 0.717) is 0 Å². The van der Waals surface area contributed by atoms with Crippen molar-refractivity contribution in [2.24, 2.45) is 10.6 Å². The summed E-state index contributed by atoms with van der Waals surface area (Å²) >= 11 is 0. The maximum Gasteiger partial charge on any atom is 0.100 e. The summed E-state index contributed by atoms with van der Waals surface area (Å²) in [7, 11) is 0. The van der Waals surface area contributed by atoms with Gasteiger partial charge in [0.05, 0.1) is 0 Å². The van der Waals surface area contributed by atoms with E-state index in [9.17, 15) is 4.91 Å². The number of hydrogen-bond acceptors (Lipinski definition) is 2. The zero-order chi connectivity index (χ0) is 8.54. The molecule has 2 nitrogen and oxygen atoms in total. The van der Waals surface area contributed by atoms with Crippen LogP contribution in [0.25, 0.3) is 0 Å². The van der Waals surface area contributed by atoms with Gasteiger partial charge in [-0.25, -0.2) is 0 Å².